The fraction of sp³-hybridized carbons (Fsp3) is 0.467. The van der Waals surface area contributed by atoms with Gasteiger partial charge >= 0.3 is 0 Å². The van der Waals surface area contributed by atoms with Crippen molar-refractivity contribution in [2.24, 2.45) is 5.41 Å². The number of hydrogen-bond acceptors (Lipinski definition) is 4. The van der Waals surface area contributed by atoms with Crippen molar-refractivity contribution in [3.63, 3.8) is 0 Å². The van der Waals surface area contributed by atoms with Gasteiger partial charge in [-0.1, -0.05) is 0 Å². The highest BCUT2D eigenvalue weighted by Gasteiger charge is 2.21. The highest BCUT2D eigenvalue weighted by Crippen LogP contribution is 2.29. The van der Waals surface area contributed by atoms with E-state index in [1.807, 2.05) is 13.8 Å². The van der Waals surface area contributed by atoms with E-state index >= 15 is 0 Å². The molecule has 0 N–H and O–H groups in total. The number of benzene rings is 1. The first-order valence-corrected chi connectivity index (χ1v) is 6.36. The number of ether oxygens (including phenoxy) is 2. The summed E-state index contributed by atoms with van der Waals surface area (Å²) in [5.74, 6) is 1.31. The topological polar surface area (TPSA) is 59.3 Å². The van der Waals surface area contributed by atoms with Crippen LogP contribution < -0.4 is 9.47 Å². The van der Waals surface area contributed by atoms with Crippen LogP contribution in [0.2, 0.25) is 0 Å². The van der Waals surface area contributed by atoms with Crippen molar-refractivity contribution in [2.75, 3.05) is 13.2 Å². The minimum atomic E-state index is -0.309. The highest BCUT2D eigenvalue weighted by molar-refractivity contribution is 6.02. The molecule has 100 valence electrons. The molecule has 0 saturated heterocycles. The summed E-state index contributed by atoms with van der Waals surface area (Å²) >= 11 is 0. The minimum Gasteiger partial charge on any atom is -0.493 e. The van der Waals surface area contributed by atoms with E-state index in [4.69, 9.17) is 14.7 Å². The molecule has 1 aliphatic heterocycles. The zero-order chi connectivity index (χ0) is 13.9. The number of hydrogen-bond donors (Lipinski definition) is 0. The first-order valence-electron chi connectivity index (χ1n) is 6.36. The van der Waals surface area contributed by atoms with Crippen LogP contribution >= 0.6 is 0 Å². The summed E-state index contributed by atoms with van der Waals surface area (Å²) in [6.07, 6.45) is 1.61. The number of carbonyl (C=O) groups is 1. The molecule has 0 amide bonds. The summed E-state index contributed by atoms with van der Waals surface area (Å²) in [6.45, 7) is 4.51. The summed E-state index contributed by atoms with van der Waals surface area (Å²) in [6, 6.07) is 7.53. The van der Waals surface area contributed by atoms with E-state index in [0.717, 1.165) is 12.8 Å². The number of rotatable bonds is 5. The molecule has 0 radical (unpaired) electrons. The van der Waals surface area contributed by atoms with Crippen LogP contribution in [-0.4, -0.2) is 19.0 Å². The average Bonchev–Trinajstić information content (AvgIpc) is 2.76. The van der Waals surface area contributed by atoms with Crippen LogP contribution in [0.1, 0.15) is 37.0 Å². The summed E-state index contributed by atoms with van der Waals surface area (Å²) in [5.41, 5.74) is 0.314. The predicted molar refractivity (Wildman–Crippen MR) is 70.4 cm³/mol. The monoisotopic (exact) mass is 259 g/mol. The maximum Gasteiger partial charge on any atom is 0.203 e. The Hall–Kier alpha value is -2.02. The minimum absolute atomic E-state index is 0.0114. The van der Waals surface area contributed by atoms with E-state index < -0.39 is 0 Å². The molecular weight excluding hydrogens is 242 g/mol. The molecule has 1 aliphatic rings. The summed E-state index contributed by atoms with van der Waals surface area (Å²) in [7, 11) is 0. The van der Waals surface area contributed by atoms with Gasteiger partial charge in [0.1, 0.15) is 11.5 Å². The molecule has 4 nitrogen and oxygen atoms in total. The standard InChI is InChI=1S/C15H17NO3/c1-15(2,10-16)6-3-7-18-11-4-5-12-13(17)9-19-14(12)8-11/h4-5,8H,3,6-7,9H2,1-2H3. The lowest BCUT2D eigenvalue weighted by Crippen LogP contribution is -2.10. The van der Waals surface area contributed by atoms with Gasteiger partial charge in [-0.25, -0.2) is 0 Å². The molecule has 0 spiro atoms. The van der Waals surface area contributed by atoms with Gasteiger partial charge in [-0.15, -0.1) is 0 Å². The van der Waals surface area contributed by atoms with Gasteiger partial charge in [0.05, 0.1) is 23.7 Å². The summed E-state index contributed by atoms with van der Waals surface area (Å²) in [5, 5.41) is 8.90. The van der Waals surface area contributed by atoms with Gasteiger partial charge in [-0.3, -0.25) is 4.79 Å². The lowest BCUT2D eigenvalue weighted by Gasteiger charge is -2.14. The van der Waals surface area contributed by atoms with Crippen LogP contribution in [0.15, 0.2) is 18.2 Å². The molecular formula is C15H17NO3. The first-order chi connectivity index (χ1) is 9.02. The second-order valence-electron chi connectivity index (χ2n) is 5.32. The van der Waals surface area contributed by atoms with Crippen LogP contribution in [-0.2, 0) is 0 Å². The number of fused-ring (bicyclic) bond motifs is 1. The van der Waals surface area contributed by atoms with E-state index in [0.29, 0.717) is 23.7 Å². The number of nitrogens with zero attached hydrogens (tertiary/aromatic N) is 1. The fourth-order valence-electron chi connectivity index (χ4n) is 1.92. The Balaban J connectivity index is 1.85. The molecule has 0 aromatic heterocycles. The molecule has 0 saturated carbocycles. The van der Waals surface area contributed by atoms with Crippen molar-refractivity contribution < 1.29 is 14.3 Å². The maximum absolute atomic E-state index is 11.4. The Morgan fingerprint density at radius 3 is 3.00 bits per heavy atom. The smallest absolute Gasteiger partial charge is 0.203 e. The molecule has 1 aromatic rings. The van der Waals surface area contributed by atoms with Gasteiger partial charge in [0, 0.05) is 6.07 Å². The van der Waals surface area contributed by atoms with Crippen LogP contribution in [0.5, 0.6) is 11.5 Å². The lowest BCUT2D eigenvalue weighted by atomic mass is 9.90. The van der Waals surface area contributed by atoms with Gasteiger partial charge in [0.25, 0.3) is 0 Å². The van der Waals surface area contributed by atoms with Crippen LogP contribution in [0.3, 0.4) is 0 Å². The zero-order valence-electron chi connectivity index (χ0n) is 11.2. The Morgan fingerprint density at radius 1 is 1.47 bits per heavy atom. The second-order valence-corrected chi connectivity index (χ2v) is 5.32. The average molecular weight is 259 g/mol. The van der Waals surface area contributed by atoms with Gasteiger partial charge in [0.15, 0.2) is 6.61 Å². The van der Waals surface area contributed by atoms with Crippen LogP contribution in [0.25, 0.3) is 0 Å². The number of Topliss-reactive ketones (excluding diaryl/α,β-unsaturated/α-hetero) is 1. The molecule has 19 heavy (non-hydrogen) atoms. The Labute approximate surface area is 112 Å². The molecule has 0 atom stereocenters. The molecule has 0 aliphatic carbocycles. The fourth-order valence-corrected chi connectivity index (χ4v) is 1.92. The quantitative estimate of drug-likeness (QED) is 0.763. The van der Waals surface area contributed by atoms with Crippen LogP contribution in [0, 0.1) is 16.7 Å². The molecule has 0 fully saturated rings. The third kappa shape index (κ3) is 3.25. The molecule has 0 bridgehead atoms. The Morgan fingerprint density at radius 2 is 2.26 bits per heavy atom. The Kier molecular flexibility index (Phi) is 3.75. The van der Waals surface area contributed by atoms with Crippen molar-refractivity contribution in [3.8, 4) is 17.6 Å². The second kappa shape index (κ2) is 5.31. The van der Waals surface area contributed by atoms with E-state index in [-0.39, 0.29) is 17.8 Å². The lowest BCUT2D eigenvalue weighted by molar-refractivity contribution is 0.0961. The largest absolute Gasteiger partial charge is 0.493 e. The van der Waals surface area contributed by atoms with Gasteiger partial charge in [-0.2, -0.15) is 5.26 Å². The van der Waals surface area contributed by atoms with Crippen molar-refractivity contribution in [1.29, 1.82) is 5.26 Å². The van der Waals surface area contributed by atoms with Gasteiger partial charge in [0.2, 0.25) is 5.78 Å². The van der Waals surface area contributed by atoms with E-state index in [2.05, 4.69) is 6.07 Å². The molecule has 1 aromatic carbocycles. The Bertz CT molecular complexity index is 529. The number of ketones is 1. The van der Waals surface area contributed by atoms with E-state index in [1.165, 1.54) is 0 Å². The van der Waals surface area contributed by atoms with Gasteiger partial charge < -0.3 is 9.47 Å². The normalized spacial score (nSPS) is 13.6. The zero-order valence-corrected chi connectivity index (χ0v) is 11.2. The molecule has 0 unspecified atom stereocenters. The van der Waals surface area contributed by atoms with E-state index in [1.54, 1.807) is 18.2 Å². The third-order valence-corrected chi connectivity index (χ3v) is 3.13. The van der Waals surface area contributed by atoms with Crippen LogP contribution in [0.4, 0.5) is 0 Å². The SMILES string of the molecule is CC(C)(C#N)CCCOc1ccc2c(c1)OCC2=O. The summed E-state index contributed by atoms with van der Waals surface area (Å²) in [4.78, 5) is 11.4. The highest BCUT2D eigenvalue weighted by atomic mass is 16.5. The van der Waals surface area contributed by atoms with Crippen molar-refractivity contribution in [3.05, 3.63) is 23.8 Å². The number of carbonyl (C=O) groups excluding carboxylic acids is 1. The number of nitriles is 1. The van der Waals surface area contributed by atoms with E-state index in [9.17, 15) is 4.79 Å². The predicted octanol–water partition coefficient (Wildman–Crippen LogP) is 2.97. The molecule has 1 heterocycles. The van der Waals surface area contributed by atoms with Crippen molar-refractivity contribution in [2.45, 2.75) is 26.7 Å². The van der Waals surface area contributed by atoms with Crippen molar-refractivity contribution in [1.82, 2.24) is 0 Å². The molecule has 4 heteroatoms. The van der Waals surface area contributed by atoms with Crippen molar-refractivity contribution >= 4 is 5.78 Å². The third-order valence-electron chi connectivity index (χ3n) is 3.13. The maximum atomic E-state index is 11.4. The summed E-state index contributed by atoms with van der Waals surface area (Å²) < 4.78 is 10.9. The first kappa shape index (κ1) is 13.4. The molecule has 2 rings (SSSR count). The van der Waals surface area contributed by atoms with Gasteiger partial charge in [-0.05, 0) is 38.8 Å².